The maximum Gasteiger partial charge on any atom is -0.00257 e. The normalized spacial score (nSPS) is 21.2. The molecule has 2 N–H and O–H groups in total. The molecular weight excluding hydrogens is 146 g/mol. The molecular formula is C11H23N. The topological polar surface area (TPSA) is 26.0 Å². The van der Waals surface area contributed by atoms with Crippen LogP contribution in [-0.4, -0.2) is 6.54 Å². The Morgan fingerprint density at radius 1 is 1.17 bits per heavy atom. The molecule has 0 spiro atoms. The van der Waals surface area contributed by atoms with Gasteiger partial charge in [-0.3, -0.25) is 0 Å². The molecule has 0 amide bonds. The molecule has 1 nitrogen and oxygen atoms in total. The molecule has 12 heavy (non-hydrogen) atoms. The number of hydrogen-bond donors (Lipinski definition) is 1. The van der Waals surface area contributed by atoms with Crippen molar-refractivity contribution >= 4 is 0 Å². The predicted molar refractivity (Wildman–Crippen MR) is 54.0 cm³/mol. The van der Waals surface area contributed by atoms with Crippen molar-refractivity contribution in [2.75, 3.05) is 6.54 Å². The molecule has 1 heteroatoms. The SMILES string of the molecule is CC(C)(CN)CC1CCCCC1. The zero-order valence-corrected chi connectivity index (χ0v) is 8.60. The van der Waals surface area contributed by atoms with Crippen LogP contribution in [0.2, 0.25) is 0 Å². The first-order valence-corrected chi connectivity index (χ1v) is 5.34. The molecule has 72 valence electrons. The Morgan fingerprint density at radius 3 is 2.25 bits per heavy atom. The predicted octanol–water partition coefficient (Wildman–Crippen LogP) is 2.94. The summed E-state index contributed by atoms with van der Waals surface area (Å²) in [5.74, 6) is 0.970. The Balaban J connectivity index is 2.28. The molecule has 1 aliphatic carbocycles. The monoisotopic (exact) mass is 169 g/mol. The Kier molecular flexibility index (Phi) is 3.57. The van der Waals surface area contributed by atoms with Crippen LogP contribution in [0.4, 0.5) is 0 Å². The first kappa shape index (κ1) is 10.0. The van der Waals surface area contributed by atoms with Crippen LogP contribution in [0, 0.1) is 11.3 Å². The van der Waals surface area contributed by atoms with Gasteiger partial charge in [0, 0.05) is 0 Å². The van der Waals surface area contributed by atoms with E-state index in [-0.39, 0.29) is 0 Å². The van der Waals surface area contributed by atoms with E-state index in [0.29, 0.717) is 5.41 Å². The van der Waals surface area contributed by atoms with Gasteiger partial charge >= 0.3 is 0 Å². The Labute approximate surface area is 76.7 Å². The van der Waals surface area contributed by atoms with E-state index in [1.807, 2.05) is 0 Å². The van der Waals surface area contributed by atoms with Crippen molar-refractivity contribution in [3.8, 4) is 0 Å². The zero-order valence-electron chi connectivity index (χ0n) is 8.60. The zero-order chi connectivity index (χ0) is 9.03. The summed E-state index contributed by atoms with van der Waals surface area (Å²) in [4.78, 5) is 0. The number of rotatable bonds is 3. The Bertz CT molecular complexity index is 123. The summed E-state index contributed by atoms with van der Waals surface area (Å²) in [6, 6.07) is 0. The minimum atomic E-state index is 0.377. The van der Waals surface area contributed by atoms with Crippen LogP contribution in [-0.2, 0) is 0 Å². The van der Waals surface area contributed by atoms with E-state index in [2.05, 4.69) is 13.8 Å². The summed E-state index contributed by atoms with van der Waals surface area (Å²) in [5, 5.41) is 0. The van der Waals surface area contributed by atoms with Gasteiger partial charge in [0.25, 0.3) is 0 Å². The van der Waals surface area contributed by atoms with Crippen LogP contribution < -0.4 is 5.73 Å². The van der Waals surface area contributed by atoms with Gasteiger partial charge in [0.15, 0.2) is 0 Å². The highest BCUT2D eigenvalue weighted by molar-refractivity contribution is 4.76. The summed E-state index contributed by atoms with van der Waals surface area (Å²) in [7, 11) is 0. The largest absolute Gasteiger partial charge is 0.330 e. The lowest BCUT2D eigenvalue weighted by Crippen LogP contribution is -2.27. The molecule has 0 heterocycles. The highest BCUT2D eigenvalue weighted by Gasteiger charge is 2.22. The van der Waals surface area contributed by atoms with Gasteiger partial charge in [-0.2, -0.15) is 0 Å². The summed E-state index contributed by atoms with van der Waals surface area (Å²) in [6.45, 7) is 5.42. The molecule has 0 aromatic carbocycles. The summed E-state index contributed by atoms with van der Waals surface area (Å²) in [6.07, 6.45) is 8.59. The maximum atomic E-state index is 5.72. The lowest BCUT2D eigenvalue weighted by atomic mass is 9.77. The lowest BCUT2D eigenvalue weighted by molar-refractivity contribution is 0.228. The van der Waals surface area contributed by atoms with Crippen molar-refractivity contribution in [3.05, 3.63) is 0 Å². The molecule has 0 bridgehead atoms. The second-order valence-corrected chi connectivity index (χ2v) is 5.08. The van der Waals surface area contributed by atoms with Crippen molar-refractivity contribution in [3.63, 3.8) is 0 Å². The van der Waals surface area contributed by atoms with Crippen molar-refractivity contribution in [2.45, 2.75) is 52.4 Å². The van der Waals surface area contributed by atoms with Crippen molar-refractivity contribution in [1.82, 2.24) is 0 Å². The van der Waals surface area contributed by atoms with E-state index in [9.17, 15) is 0 Å². The average Bonchev–Trinajstić information content (AvgIpc) is 2.06. The van der Waals surface area contributed by atoms with E-state index in [1.165, 1.54) is 38.5 Å². The first-order chi connectivity index (χ1) is 5.64. The third-order valence-corrected chi connectivity index (χ3v) is 3.12. The highest BCUT2D eigenvalue weighted by atomic mass is 14.6. The maximum absolute atomic E-state index is 5.72. The molecule has 0 radical (unpaired) electrons. The average molecular weight is 169 g/mol. The van der Waals surface area contributed by atoms with Gasteiger partial charge in [-0.15, -0.1) is 0 Å². The second-order valence-electron chi connectivity index (χ2n) is 5.08. The van der Waals surface area contributed by atoms with E-state index in [0.717, 1.165) is 12.5 Å². The molecule has 1 fully saturated rings. The molecule has 0 atom stereocenters. The van der Waals surface area contributed by atoms with Gasteiger partial charge in [-0.25, -0.2) is 0 Å². The third kappa shape index (κ3) is 3.14. The van der Waals surface area contributed by atoms with Gasteiger partial charge in [0.05, 0.1) is 0 Å². The van der Waals surface area contributed by atoms with E-state index in [4.69, 9.17) is 5.73 Å². The summed E-state index contributed by atoms with van der Waals surface area (Å²) < 4.78 is 0. The molecule has 1 rings (SSSR count). The van der Waals surface area contributed by atoms with Gasteiger partial charge < -0.3 is 5.73 Å². The van der Waals surface area contributed by atoms with Gasteiger partial charge in [0.2, 0.25) is 0 Å². The van der Waals surface area contributed by atoms with Crippen molar-refractivity contribution in [1.29, 1.82) is 0 Å². The van der Waals surface area contributed by atoms with Crippen LogP contribution in [0.25, 0.3) is 0 Å². The molecule has 1 aliphatic rings. The smallest absolute Gasteiger partial charge is 0.00257 e. The molecule has 1 saturated carbocycles. The molecule has 0 aromatic rings. The van der Waals surface area contributed by atoms with E-state index >= 15 is 0 Å². The van der Waals surface area contributed by atoms with Gasteiger partial charge in [-0.05, 0) is 24.3 Å². The van der Waals surface area contributed by atoms with Gasteiger partial charge in [0.1, 0.15) is 0 Å². The fourth-order valence-corrected chi connectivity index (χ4v) is 2.26. The van der Waals surface area contributed by atoms with Crippen molar-refractivity contribution < 1.29 is 0 Å². The molecule has 0 aliphatic heterocycles. The van der Waals surface area contributed by atoms with Crippen molar-refractivity contribution in [2.24, 2.45) is 17.1 Å². The van der Waals surface area contributed by atoms with Crippen LogP contribution >= 0.6 is 0 Å². The molecule has 0 saturated heterocycles. The standard InChI is InChI=1S/C11H23N/c1-11(2,9-12)8-10-6-4-3-5-7-10/h10H,3-9,12H2,1-2H3. The van der Waals surface area contributed by atoms with Crippen LogP contribution in [0.1, 0.15) is 52.4 Å². The highest BCUT2D eigenvalue weighted by Crippen LogP contribution is 2.33. The summed E-state index contributed by atoms with van der Waals surface area (Å²) in [5.41, 5.74) is 6.10. The Hall–Kier alpha value is -0.0400. The second kappa shape index (κ2) is 4.27. The van der Waals surface area contributed by atoms with Gasteiger partial charge in [-0.1, -0.05) is 46.0 Å². The Morgan fingerprint density at radius 2 is 1.75 bits per heavy atom. The lowest BCUT2D eigenvalue weighted by Gasteiger charge is -2.30. The van der Waals surface area contributed by atoms with Crippen LogP contribution in [0.3, 0.4) is 0 Å². The van der Waals surface area contributed by atoms with E-state index in [1.54, 1.807) is 0 Å². The minimum Gasteiger partial charge on any atom is -0.330 e. The molecule has 0 unspecified atom stereocenters. The molecule has 0 aromatic heterocycles. The number of nitrogens with two attached hydrogens (primary N) is 1. The third-order valence-electron chi connectivity index (χ3n) is 3.12. The fourth-order valence-electron chi connectivity index (χ4n) is 2.26. The van der Waals surface area contributed by atoms with Crippen LogP contribution in [0.5, 0.6) is 0 Å². The number of hydrogen-bond acceptors (Lipinski definition) is 1. The fraction of sp³-hybridized carbons (Fsp3) is 1.00. The summed E-state index contributed by atoms with van der Waals surface area (Å²) >= 11 is 0. The first-order valence-electron chi connectivity index (χ1n) is 5.34. The van der Waals surface area contributed by atoms with E-state index < -0.39 is 0 Å². The van der Waals surface area contributed by atoms with Crippen LogP contribution in [0.15, 0.2) is 0 Å². The minimum absolute atomic E-state index is 0.377. The quantitative estimate of drug-likeness (QED) is 0.690.